The van der Waals surface area contributed by atoms with Crippen LogP contribution in [-0.2, 0) is 10.0 Å². The second-order valence-electron chi connectivity index (χ2n) is 4.22. The van der Waals surface area contributed by atoms with Crippen molar-refractivity contribution in [3.8, 4) is 0 Å². The predicted molar refractivity (Wildman–Crippen MR) is 69.5 cm³/mol. The highest BCUT2D eigenvalue weighted by molar-refractivity contribution is 7.89. The normalized spacial score (nSPS) is 12.1. The Morgan fingerprint density at radius 2 is 2.06 bits per heavy atom. The van der Waals surface area contributed by atoms with Crippen molar-refractivity contribution < 1.29 is 12.8 Å². The highest BCUT2D eigenvalue weighted by atomic mass is 32.2. The van der Waals surface area contributed by atoms with Gasteiger partial charge in [-0.15, -0.1) is 0 Å². The van der Waals surface area contributed by atoms with Gasteiger partial charge in [0, 0.05) is 13.6 Å². The molecule has 1 rings (SSSR count). The number of halogens is 1. The molecule has 0 aliphatic heterocycles. The number of sulfonamides is 1. The fraction of sp³-hybridized carbons (Fsp3) is 0.500. The average Bonchev–Trinajstić information content (AvgIpc) is 2.32. The van der Waals surface area contributed by atoms with Crippen LogP contribution in [0.3, 0.4) is 0 Å². The number of nitrogens with zero attached hydrogens (tertiary/aromatic N) is 1. The van der Waals surface area contributed by atoms with Gasteiger partial charge < -0.3 is 5.32 Å². The van der Waals surface area contributed by atoms with Gasteiger partial charge in [0.15, 0.2) is 0 Å². The molecule has 0 radical (unpaired) electrons. The Hall–Kier alpha value is -0.980. The number of benzene rings is 1. The van der Waals surface area contributed by atoms with Gasteiger partial charge in [0.2, 0.25) is 10.0 Å². The topological polar surface area (TPSA) is 49.4 Å². The second kappa shape index (κ2) is 6.26. The number of aryl methyl sites for hydroxylation is 1. The lowest BCUT2D eigenvalue weighted by Gasteiger charge is -2.17. The van der Waals surface area contributed by atoms with Crippen LogP contribution >= 0.6 is 0 Å². The van der Waals surface area contributed by atoms with E-state index in [4.69, 9.17) is 0 Å². The summed E-state index contributed by atoms with van der Waals surface area (Å²) < 4.78 is 39.1. The molecule has 1 aromatic rings. The SMILES string of the molecule is CNCCCN(C)S(=O)(=O)c1cc(C)ccc1F. The highest BCUT2D eigenvalue weighted by Crippen LogP contribution is 2.19. The highest BCUT2D eigenvalue weighted by Gasteiger charge is 2.23. The molecule has 0 fully saturated rings. The van der Waals surface area contributed by atoms with E-state index in [1.165, 1.54) is 23.5 Å². The molecule has 0 aliphatic rings. The molecule has 18 heavy (non-hydrogen) atoms. The van der Waals surface area contributed by atoms with Crippen molar-refractivity contribution in [3.05, 3.63) is 29.6 Å². The zero-order chi connectivity index (χ0) is 13.8. The Labute approximate surface area is 108 Å². The summed E-state index contributed by atoms with van der Waals surface area (Å²) in [5.41, 5.74) is 0.721. The average molecular weight is 274 g/mol. The van der Waals surface area contributed by atoms with Crippen LogP contribution in [0.25, 0.3) is 0 Å². The zero-order valence-corrected chi connectivity index (χ0v) is 11.7. The molecule has 102 valence electrons. The van der Waals surface area contributed by atoms with E-state index in [9.17, 15) is 12.8 Å². The number of nitrogens with one attached hydrogen (secondary N) is 1. The first-order chi connectivity index (χ1) is 8.39. The van der Waals surface area contributed by atoms with Crippen molar-refractivity contribution in [3.63, 3.8) is 0 Å². The molecule has 0 amide bonds. The summed E-state index contributed by atoms with van der Waals surface area (Å²) in [5.74, 6) is -0.707. The molecule has 1 aromatic carbocycles. The molecular weight excluding hydrogens is 255 g/mol. The quantitative estimate of drug-likeness (QED) is 0.797. The first-order valence-electron chi connectivity index (χ1n) is 5.76. The molecule has 0 unspecified atom stereocenters. The number of hydrogen-bond acceptors (Lipinski definition) is 3. The lowest BCUT2D eigenvalue weighted by Crippen LogP contribution is -2.30. The maximum Gasteiger partial charge on any atom is 0.245 e. The van der Waals surface area contributed by atoms with Gasteiger partial charge in [0.05, 0.1) is 0 Å². The molecule has 4 nitrogen and oxygen atoms in total. The van der Waals surface area contributed by atoms with Crippen molar-refractivity contribution in [1.29, 1.82) is 0 Å². The first-order valence-corrected chi connectivity index (χ1v) is 7.20. The summed E-state index contributed by atoms with van der Waals surface area (Å²) in [6, 6.07) is 4.10. The Morgan fingerprint density at radius 3 is 2.67 bits per heavy atom. The lowest BCUT2D eigenvalue weighted by atomic mass is 10.2. The van der Waals surface area contributed by atoms with Gasteiger partial charge in [-0.25, -0.2) is 17.1 Å². The summed E-state index contributed by atoms with van der Waals surface area (Å²) in [5, 5.41) is 2.94. The third kappa shape index (κ3) is 3.51. The first kappa shape index (κ1) is 15.1. The van der Waals surface area contributed by atoms with Crippen molar-refractivity contribution >= 4 is 10.0 Å². The molecular formula is C12H19FN2O2S. The van der Waals surface area contributed by atoms with Gasteiger partial charge in [-0.05, 0) is 44.6 Å². The van der Waals surface area contributed by atoms with Crippen molar-refractivity contribution in [2.75, 3.05) is 27.2 Å². The zero-order valence-electron chi connectivity index (χ0n) is 10.9. The fourth-order valence-corrected chi connectivity index (χ4v) is 2.93. The number of rotatable bonds is 6. The summed E-state index contributed by atoms with van der Waals surface area (Å²) >= 11 is 0. The molecule has 0 saturated heterocycles. The van der Waals surface area contributed by atoms with Crippen molar-refractivity contribution in [2.24, 2.45) is 0 Å². The minimum atomic E-state index is -3.74. The third-order valence-electron chi connectivity index (χ3n) is 2.67. The van der Waals surface area contributed by atoms with E-state index >= 15 is 0 Å². The standard InChI is InChI=1S/C12H19FN2O2S/c1-10-5-6-11(13)12(9-10)18(16,17)15(3)8-4-7-14-2/h5-6,9,14H,4,7-8H2,1-3H3. The Morgan fingerprint density at radius 1 is 1.39 bits per heavy atom. The summed E-state index contributed by atoms with van der Waals surface area (Å²) in [7, 11) is -0.477. The van der Waals surface area contributed by atoms with Crippen LogP contribution in [-0.4, -0.2) is 39.9 Å². The number of hydrogen-bond donors (Lipinski definition) is 1. The Kier molecular flexibility index (Phi) is 5.25. The molecule has 0 bridgehead atoms. The van der Waals surface area contributed by atoms with Gasteiger partial charge in [-0.3, -0.25) is 0 Å². The van der Waals surface area contributed by atoms with Crippen LogP contribution in [0.1, 0.15) is 12.0 Å². The molecule has 0 aliphatic carbocycles. The van der Waals surface area contributed by atoms with E-state index in [-0.39, 0.29) is 4.90 Å². The molecule has 0 saturated carbocycles. The molecule has 6 heteroatoms. The van der Waals surface area contributed by atoms with E-state index < -0.39 is 15.8 Å². The monoisotopic (exact) mass is 274 g/mol. The van der Waals surface area contributed by atoms with Gasteiger partial charge in [0.1, 0.15) is 10.7 Å². The third-order valence-corrected chi connectivity index (χ3v) is 4.55. The van der Waals surface area contributed by atoms with Gasteiger partial charge in [-0.2, -0.15) is 0 Å². The van der Waals surface area contributed by atoms with Crippen molar-refractivity contribution in [2.45, 2.75) is 18.2 Å². The van der Waals surface area contributed by atoms with Crippen LogP contribution in [0.5, 0.6) is 0 Å². The molecule has 0 atom stereocenters. The smallest absolute Gasteiger partial charge is 0.245 e. The minimum Gasteiger partial charge on any atom is -0.320 e. The largest absolute Gasteiger partial charge is 0.320 e. The van der Waals surface area contributed by atoms with Crippen LogP contribution in [0, 0.1) is 12.7 Å². The van der Waals surface area contributed by atoms with Crippen LogP contribution in [0.4, 0.5) is 4.39 Å². The van der Waals surface area contributed by atoms with Crippen molar-refractivity contribution in [1.82, 2.24) is 9.62 Å². The Balaban J connectivity index is 2.95. The van der Waals surface area contributed by atoms with Crippen LogP contribution in [0.2, 0.25) is 0 Å². The molecule has 0 heterocycles. The van der Waals surface area contributed by atoms with Gasteiger partial charge >= 0.3 is 0 Å². The van der Waals surface area contributed by atoms with Crippen LogP contribution in [0.15, 0.2) is 23.1 Å². The maximum atomic E-state index is 13.6. The van der Waals surface area contributed by atoms with Crippen LogP contribution < -0.4 is 5.32 Å². The second-order valence-corrected chi connectivity index (χ2v) is 6.23. The summed E-state index contributed by atoms with van der Waals surface area (Å²) in [6.45, 7) is 2.81. The Bertz CT molecular complexity index is 503. The van der Waals surface area contributed by atoms with E-state index in [1.54, 1.807) is 20.0 Å². The maximum absolute atomic E-state index is 13.6. The van der Waals surface area contributed by atoms with E-state index in [1.807, 2.05) is 0 Å². The fourth-order valence-electron chi connectivity index (χ4n) is 1.57. The molecule has 0 aromatic heterocycles. The lowest BCUT2D eigenvalue weighted by molar-refractivity contribution is 0.452. The summed E-state index contributed by atoms with van der Waals surface area (Å²) in [4.78, 5) is -0.255. The predicted octanol–water partition coefficient (Wildman–Crippen LogP) is 1.36. The molecule has 0 spiro atoms. The van der Waals surface area contributed by atoms with E-state index in [0.717, 1.165) is 12.1 Å². The minimum absolute atomic E-state index is 0.255. The summed E-state index contributed by atoms with van der Waals surface area (Å²) in [6.07, 6.45) is 0.680. The van der Waals surface area contributed by atoms with E-state index in [0.29, 0.717) is 13.0 Å². The molecule has 1 N–H and O–H groups in total. The van der Waals surface area contributed by atoms with Gasteiger partial charge in [-0.1, -0.05) is 6.07 Å². The van der Waals surface area contributed by atoms with Gasteiger partial charge in [0.25, 0.3) is 0 Å². The van der Waals surface area contributed by atoms with E-state index in [2.05, 4.69) is 5.32 Å².